The first-order valence-corrected chi connectivity index (χ1v) is 8.91. The second kappa shape index (κ2) is 9.14. The Bertz CT molecular complexity index is 840. The Balaban J connectivity index is 1.61. The number of amides is 1. The van der Waals surface area contributed by atoms with Gasteiger partial charge in [0.15, 0.2) is 0 Å². The number of hydrogen-bond acceptors (Lipinski definition) is 5. The topological polar surface area (TPSA) is 73.1 Å². The molecule has 1 atom stereocenters. The van der Waals surface area contributed by atoms with E-state index in [-0.39, 0.29) is 5.91 Å². The Kier molecular flexibility index (Phi) is 6.38. The highest BCUT2D eigenvalue weighted by Gasteiger charge is 2.25. The van der Waals surface area contributed by atoms with Crippen LogP contribution in [-0.4, -0.2) is 51.2 Å². The third kappa shape index (κ3) is 5.27. The van der Waals surface area contributed by atoms with Crippen molar-refractivity contribution in [2.45, 2.75) is 12.5 Å². The van der Waals surface area contributed by atoms with Gasteiger partial charge in [-0.2, -0.15) is 0 Å². The van der Waals surface area contributed by atoms with E-state index in [0.29, 0.717) is 30.3 Å². The molecule has 27 heavy (non-hydrogen) atoms. The molecule has 140 valence electrons. The molecule has 0 spiro atoms. The minimum atomic E-state index is -0.511. The van der Waals surface area contributed by atoms with Crippen LogP contribution in [0.4, 0.5) is 0 Å². The van der Waals surface area contributed by atoms with Crippen LogP contribution in [0.3, 0.4) is 0 Å². The summed E-state index contributed by atoms with van der Waals surface area (Å²) in [6.07, 6.45) is 1.97. The number of tetrazole rings is 1. The Labute approximate surface area is 162 Å². The van der Waals surface area contributed by atoms with Gasteiger partial charge in [0.05, 0.1) is 6.54 Å². The van der Waals surface area contributed by atoms with E-state index in [0.717, 1.165) is 5.56 Å². The van der Waals surface area contributed by atoms with Crippen molar-refractivity contribution in [3.63, 3.8) is 0 Å². The molecule has 0 fully saturated rings. The first-order valence-electron chi connectivity index (χ1n) is 8.53. The molecule has 0 aliphatic carbocycles. The lowest BCUT2D eigenvalue weighted by atomic mass is 10.1. The molecule has 0 saturated carbocycles. The molecule has 1 aromatic heterocycles. The summed E-state index contributed by atoms with van der Waals surface area (Å²) in [6, 6.07) is 16.4. The Morgan fingerprint density at radius 2 is 1.93 bits per heavy atom. The molecule has 7 nitrogen and oxygen atoms in total. The molecular weight excluding hydrogens is 366 g/mol. The van der Waals surface area contributed by atoms with Crippen LogP contribution in [0.2, 0.25) is 5.02 Å². The summed E-state index contributed by atoms with van der Waals surface area (Å²) in [6.45, 7) is 0.812. The molecule has 0 N–H and O–H groups in total. The van der Waals surface area contributed by atoms with Crippen LogP contribution < -0.4 is 4.74 Å². The summed E-state index contributed by atoms with van der Waals surface area (Å²) < 4.78 is 7.16. The van der Waals surface area contributed by atoms with E-state index in [9.17, 15) is 4.79 Å². The molecular formula is C19H20ClN5O2. The van der Waals surface area contributed by atoms with Crippen molar-refractivity contribution in [2.24, 2.45) is 0 Å². The highest BCUT2D eigenvalue weighted by atomic mass is 35.5. The van der Waals surface area contributed by atoms with E-state index in [4.69, 9.17) is 16.3 Å². The van der Waals surface area contributed by atoms with Crippen molar-refractivity contribution >= 4 is 17.5 Å². The Hall–Kier alpha value is -2.93. The minimum Gasteiger partial charge on any atom is -0.492 e. The van der Waals surface area contributed by atoms with Gasteiger partial charge in [-0.15, -0.1) is 5.10 Å². The van der Waals surface area contributed by atoms with Gasteiger partial charge in [-0.3, -0.25) is 4.79 Å². The molecule has 0 radical (unpaired) electrons. The van der Waals surface area contributed by atoms with Crippen LogP contribution in [0.1, 0.15) is 11.6 Å². The van der Waals surface area contributed by atoms with Crippen LogP contribution in [0.15, 0.2) is 60.9 Å². The second-order valence-electron chi connectivity index (χ2n) is 6.06. The van der Waals surface area contributed by atoms with Crippen LogP contribution in [-0.2, 0) is 11.2 Å². The van der Waals surface area contributed by atoms with Crippen molar-refractivity contribution in [1.82, 2.24) is 25.1 Å². The molecule has 3 aromatic rings. The maximum atomic E-state index is 13.0. The minimum absolute atomic E-state index is 0.0779. The van der Waals surface area contributed by atoms with E-state index in [2.05, 4.69) is 15.5 Å². The summed E-state index contributed by atoms with van der Waals surface area (Å²) in [5.74, 6) is 0.632. The van der Waals surface area contributed by atoms with E-state index >= 15 is 0 Å². The van der Waals surface area contributed by atoms with Gasteiger partial charge < -0.3 is 9.64 Å². The summed E-state index contributed by atoms with van der Waals surface area (Å²) in [7, 11) is 1.75. The normalized spacial score (nSPS) is 11.8. The molecule has 8 heteroatoms. The molecule has 0 bridgehead atoms. The maximum absolute atomic E-state index is 13.0. The maximum Gasteiger partial charge on any atom is 0.247 e. The predicted molar refractivity (Wildman–Crippen MR) is 102 cm³/mol. The highest BCUT2D eigenvalue weighted by molar-refractivity contribution is 6.30. The summed E-state index contributed by atoms with van der Waals surface area (Å²) in [5, 5.41) is 11.9. The molecule has 0 saturated heterocycles. The summed E-state index contributed by atoms with van der Waals surface area (Å²) in [4.78, 5) is 14.6. The van der Waals surface area contributed by atoms with Crippen molar-refractivity contribution < 1.29 is 9.53 Å². The van der Waals surface area contributed by atoms with Gasteiger partial charge in [0.1, 0.15) is 24.7 Å². The van der Waals surface area contributed by atoms with Gasteiger partial charge in [-0.05, 0) is 40.3 Å². The molecule has 1 heterocycles. The molecule has 0 aliphatic rings. The SMILES string of the molecule is CN(CCOc1ccc(Cl)cc1)C(=O)C(Cc1ccccc1)n1cnnn1. The van der Waals surface area contributed by atoms with E-state index < -0.39 is 6.04 Å². The third-order valence-corrected chi connectivity index (χ3v) is 4.38. The van der Waals surface area contributed by atoms with Gasteiger partial charge in [-0.25, -0.2) is 4.68 Å². The number of carbonyl (C=O) groups is 1. The number of aromatic nitrogens is 4. The van der Waals surface area contributed by atoms with Gasteiger partial charge in [0.2, 0.25) is 5.91 Å². The average molecular weight is 386 g/mol. The highest BCUT2D eigenvalue weighted by Crippen LogP contribution is 2.17. The number of hydrogen-bond donors (Lipinski definition) is 0. The monoisotopic (exact) mass is 385 g/mol. The van der Waals surface area contributed by atoms with E-state index in [1.807, 2.05) is 30.3 Å². The van der Waals surface area contributed by atoms with E-state index in [1.54, 1.807) is 36.2 Å². The quantitative estimate of drug-likeness (QED) is 0.596. The lowest BCUT2D eigenvalue weighted by Gasteiger charge is -2.23. The number of carbonyl (C=O) groups excluding carboxylic acids is 1. The fraction of sp³-hybridized carbons (Fsp3) is 0.263. The van der Waals surface area contributed by atoms with Gasteiger partial charge in [-0.1, -0.05) is 41.9 Å². The van der Waals surface area contributed by atoms with Crippen LogP contribution >= 0.6 is 11.6 Å². The first kappa shape index (κ1) is 18.8. The molecule has 2 aromatic carbocycles. The number of rotatable bonds is 8. The summed E-state index contributed by atoms with van der Waals surface area (Å²) in [5.41, 5.74) is 1.04. The molecule has 1 unspecified atom stereocenters. The Morgan fingerprint density at radius 1 is 1.19 bits per heavy atom. The largest absolute Gasteiger partial charge is 0.492 e. The van der Waals surface area contributed by atoms with Gasteiger partial charge in [0.25, 0.3) is 0 Å². The standard InChI is InChI=1S/C19H20ClN5O2/c1-24(11-12-27-17-9-7-16(20)8-10-17)19(26)18(25-14-21-22-23-25)13-15-5-3-2-4-6-15/h2-10,14,18H,11-13H2,1H3. The second-order valence-corrected chi connectivity index (χ2v) is 6.49. The van der Waals surface area contributed by atoms with Crippen molar-refractivity contribution in [1.29, 1.82) is 0 Å². The average Bonchev–Trinajstić information content (AvgIpc) is 3.22. The van der Waals surface area contributed by atoms with Crippen LogP contribution in [0, 0.1) is 0 Å². The summed E-state index contributed by atoms with van der Waals surface area (Å²) >= 11 is 5.86. The third-order valence-electron chi connectivity index (χ3n) is 4.13. The van der Waals surface area contributed by atoms with Crippen LogP contribution in [0.25, 0.3) is 0 Å². The number of ether oxygens (including phenoxy) is 1. The zero-order valence-electron chi connectivity index (χ0n) is 14.9. The Morgan fingerprint density at radius 3 is 2.59 bits per heavy atom. The molecule has 1 amide bonds. The lowest BCUT2D eigenvalue weighted by molar-refractivity contribution is -0.134. The fourth-order valence-electron chi connectivity index (χ4n) is 2.64. The zero-order chi connectivity index (χ0) is 19.1. The number of benzene rings is 2. The van der Waals surface area contributed by atoms with Gasteiger partial charge in [0, 0.05) is 18.5 Å². The number of halogens is 1. The molecule has 0 aliphatic heterocycles. The van der Waals surface area contributed by atoms with Crippen molar-refractivity contribution in [3.05, 3.63) is 71.5 Å². The first-order chi connectivity index (χ1) is 13.1. The fourth-order valence-corrected chi connectivity index (χ4v) is 2.76. The number of nitrogens with zero attached hydrogens (tertiary/aromatic N) is 5. The zero-order valence-corrected chi connectivity index (χ0v) is 15.7. The lowest BCUT2D eigenvalue weighted by Crippen LogP contribution is -2.38. The van der Waals surface area contributed by atoms with Crippen LogP contribution in [0.5, 0.6) is 5.75 Å². The van der Waals surface area contributed by atoms with Crippen molar-refractivity contribution in [3.8, 4) is 5.75 Å². The number of likely N-dealkylation sites (N-methyl/N-ethyl adjacent to an activating group) is 1. The van der Waals surface area contributed by atoms with Crippen molar-refractivity contribution in [2.75, 3.05) is 20.2 Å². The van der Waals surface area contributed by atoms with Gasteiger partial charge >= 0.3 is 0 Å². The van der Waals surface area contributed by atoms with E-state index in [1.165, 1.54) is 11.0 Å². The smallest absolute Gasteiger partial charge is 0.247 e. The predicted octanol–water partition coefficient (Wildman–Crippen LogP) is 2.65. The molecule has 3 rings (SSSR count).